The maximum absolute atomic E-state index is 6.18. The standard InChI is InChI=1S/C12H17ClN2/c1-2-3-8-11-14-10-7-5-4-6-9(10)12(13)15-11/h2-8H2,1H3. The average Bonchev–Trinajstić information content (AvgIpc) is 2.26. The minimum Gasteiger partial charge on any atom is -0.238 e. The number of aromatic nitrogens is 2. The number of aryl methyl sites for hydroxylation is 2. The van der Waals surface area contributed by atoms with Gasteiger partial charge in [0.15, 0.2) is 0 Å². The molecule has 0 N–H and O–H groups in total. The molecule has 0 spiro atoms. The predicted molar refractivity (Wildman–Crippen MR) is 62.3 cm³/mol. The van der Waals surface area contributed by atoms with Crippen molar-refractivity contribution in [2.45, 2.75) is 51.9 Å². The summed E-state index contributed by atoms with van der Waals surface area (Å²) in [7, 11) is 0. The summed E-state index contributed by atoms with van der Waals surface area (Å²) < 4.78 is 0. The predicted octanol–water partition coefficient (Wildman–Crippen LogP) is 3.35. The molecular weight excluding hydrogens is 208 g/mol. The van der Waals surface area contributed by atoms with Crippen LogP contribution in [-0.4, -0.2) is 9.97 Å². The number of rotatable bonds is 3. The second-order valence-corrected chi connectivity index (χ2v) is 4.52. The van der Waals surface area contributed by atoms with E-state index in [-0.39, 0.29) is 0 Å². The number of halogens is 1. The third-order valence-electron chi connectivity index (χ3n) is 2.93. The molecule has 1 aromatic heterocycles. The number of unbranched alkanes of at least 4 members (excludes halogenated alkanes) is 1. The van der Waals surface area contributed by atoms with Crippen molar-refractivity contribution >= 4 is 11.6 Å². The van der Waals surface area contributed by atoms with E-state index >= 15 is 0 Å². The largest absolute Gasteiger partial charge is 0.238 e. The van der Waals surface area contributed by atoms with E-state index in [4.69, 9.17) is 11.6 Å². The molecule has 0 aliphatic heterocycles. The van der Waals surface area contributed by atoms with Crippen LogP contribution >= 0.6 is 11.6 Å². The first-order valence-electron chi connectivity index (χ1n) is 5.85. The van der Waals surface area contributed by atoms with E-state index in [0.29, 0.717) is 5.15 Å². The summed E-state index contributed by atoms with van der Waals surface area (Å²) in [6.07, 6.45) is 7.90. The Morgan fingerprint density at radius 1 is 1.20 bits per heavy atom. The smallest absolute Gasteiger partial charge is 0.136 e. The van der Waals surface area contributed by atoms with Crippen LogP contribution in [0.3, 0.4) is 0 Å². The zero-order chi connectivity index (χ0) is 10.7. The molecular formula is C12H17ClN2. The summed E-state index contributed by atoms with van der Waals surface area (Å²) >= 11 is 6.18. The Labute approximate surface area is 96.1 Å². The zero-order valence-electron chi connectivity index (χ0n) is 9.22. The highest BCUT2D eigenvalue weighted by molar-refractivity contribution is 6.30. The molecule has 1 aromatic rings. The summed E-state index contributed by atoms with van der Waals surface area (Å²) in [4.78, 5) is 8.99. The van der Waals surface area contributed by atoms with E-state index in [1.165, 1.54) is 30.5 Å². The summed E-state index contributed by atoms with van der Waals surface area (Å²) in [5.41, 5.74) is 2.40. The van der Waals surface area contributed by atoms with Gasteiger partial charge in [-0.05, 0) is 32.1 Å². The fourth-order valence-electron chi connectivity index (χ4n) is 2.04. The summed E-state index contributed by atoms with van der Waals surface area (Å²) in [6, 6.07) is 0. The zero-order valence-corrected chi connectivity index (χ0v) is 9.98. The molecule has 3 heteroatoms. The summed E-state index contributed by atoms with van der Waals surface area (Å²) in [5.74, 6) is 0.933. The van der Waals surface area contributed by atoms with Gasteiger partial charge in [0.1, 0.15) is 11.0 Å². The highest BCUT2D eigenvalue weighted by Crippen LogP contribution is 2.25. The first-order valence-corrected chi connectivity index (χ1v) is 6.23. The van der Waals surface area contributed by atoms with Gasteiger partial charge in [-0.15, -0.1) is 0 Å². The highest BCUT2D eigenvalue weighted by atomic mass is 35.5. The molecule has 0 fully saturated rings. The van der Waals surface area contributed by atoms with E-state index < -0.39 is 0 Å². The molecule has 0 aromatic carbocycles. The Kier molecular flexibility index (Phi) is 3.57. The summed E-state index contributed by atoms with van der Waals surface area (Å²) in [5, 5.41) is 0.700. The fraction of sp³-hybridized carbons (Fsp3) is 0.667. The lowest BCUT2D eigenvalue weighted by Crippen LogP contribution is -2.10. The van der Waals surface area contributed by atoms with Gasteiger partial charge >= 0.3 is 0 Å². The molecule has 1 aliphatic carbocycles. The van der Waals surface area contributed by atoms with E-state index in [1.807, 2.05) is 0 Å². The lowest BCUT2D eigenvalue weighted by atomic mass is 9.97. The minimum absolute atomic E-state index is 0.700. The van der Waals surface area contributed by atoms with Crippen LogP contribution in [0.15, 0.2) is 0 Å². The Bertz CT molecular complexity index is 350. The number of fused-ring (bicyclic) bond motifs is 1. The monoisotopic (exact) mass is 224 g/mol. The Balaban J connectivity index is 2.24. The molecule has 15 heavy (non-hydrogen) atoms. The molecule has 0 atom stereocenters. The van der Waals surface area contributed by atoms with Gasteiger partial charge in [-0.1, -0.05) is 24.9 Å². The van der Waals surface area contributed by atoms with E-state index in [2.05, 4.69) is 16.9 Å². The third-order valence-corrected chi connectivity index (χ3v) is 3.25. The second kappa shape index (κ2) is 4.93. The van der Waals surface area contributed by atoms with E-state index in [1.54, 1.807) is 0 Å². The van der Waals surface area contributed by atoms with Crippen LogP contribution in [0.1, 0.15) is 49.7 Å². The molecule has 0 unspecified atom stereocenters. The lowest BCUT2D eigenvalue weighted by molar-refractivity contribution is 0.647. The normalized spacial score (nSPS) is 15.1. The van der Waals surface area contributed by atoms with Crippen molar-refractivity contribution in [3.8, 4) is 0 Å². The van der Waals surface area contributed by atoms with Crippen molar-refractivity contribution in [3.63, 3.8) is 0 Å². The quantitative estimate of drug-likeness (QED) is 0.736. The topological polar surface area (TPSA) is 25.8 Å². The molecule has 0 bridgehead atoms. The van der Waals surface area contributed by atoms with Crippen molar-refractivity contribution in [1.29, 1.82) is 0 Å². The van der Waals surface area contributed by atoms with Crippen LogP contribution < -0.4 is 0 Å². The molecule has 0 radical (unpaired) electrons. The van der Waals surface area contributed by atoms with Crippen LogP contribution in [0, 0.1) is 0 Å². The molecule has 82 valence electrons. The van der Waals surface area contributed by atoms with Crippen molar-refractivity contribution in [1.82, 2.24) is 9.97 Å². The molecule has 0 saturated heterocycles. The van der Waals surface area contributed by atoms with E-state index in [0.717, 1.165) is 31.5 Å². The molecule has 0 saturated carbocycles. The van der Waals surface area contributed by atoms with Crippen molar-refractivity contribution < 1.29 is 0 Å². The minimum atomic E-state index is 0.700. The van der Waals surface area contributed by atoms with Crippen molar-refractivity contribution in [3.05, 3.63) is 22.2 Å². The van der Waals surface area contributed by atoms with Gasteiger partial charge in [0, 0.05) is 17.7 Å². The average molecular weight is 225 g/mol. The number of nitrogens with zero attached hydrogens (tertiary/aromatic N) is 2. The SMILES string of the molecule is CCCCc1nc(Cl)c2c(n1)CCCC2. The Morgan fingerprint density at radius 3 is 2.80 bits per heavy atom. The van der Waals surface area contributed by atoms with Gasteiger partial charge < -0.3 is 0 Å². The fourth-order valence-corrected chi connectivity index (χ4v) is 2.34. The Hall–Kier alpha value is -0.630. The first kappa shape index (κ1) is 10.9. The number of hydrogen-bond acceptors (Lipinski definition) is 2. The van der Waals surface area contributed by atoms with Gasteiger partial charge in [-0.25, -0.2) is 9.97 Å². The third kappa shape index (κ3) is 2.49. The van der Waals surface area contributed by atoms with Crippen LogP contribution in [0.5, 0.6) is 0 Å². The van der Waals surface area contributed by atoms with Gasteiger partial charge in [-0.2, -0.15) is 0 Å². The molecule has 2 nitrogen and oxygen atoms in total. The van der Waals surface area contributed by atoms with Gasteiger partial charge in [0.2, 0.25) is 0 Å². The van der Waals surface area contributed by atoms with Crippen LogP contribution in [0.25, 0.3) is 0 Å². The lowest BCUT2D eigenvalue weighted by Gasteiger charge is -2.16. The molecule has 2 rings (SSSR count). The van der Waals surface area contributed by atoms with Gasteiger partial charge in [0.25, 0.3) is 0 Å². The first-order chi connectivity index (χ1) is 7.31. The molecule has 1 heterocycles. The van der Waals surface area contributed by atoms with Crippen molar-refractivity contribution in [2.75, 3.05) is 0 Å². The van der Waals surface area contributed by atoms with Crippen LogP contribution in [-0.2, 0) is 19.3 Å². The van der Waals surface area contributed by atoms with Crippen LogP contribution in [0.2, 0.25) is 5.15 Å². The second-order valence-electron chi connectivity index (χ2n) is 4.17. The maximum Gasteiger partial charge on any atom is 0.136 e. The maximum atomic E-state index is 6.18. The molecule has 0 amide bonds. The highest BCUT2D eigenvalue weighted by Gasteiger charge is 2.16. The van der Waals surface area contributed by atoms with E-state index in [9.17, 15) is 0 Å². The van der Waals surface area contributed by atoms with Gasteiger partial charge in [0.05, 0.1) is 0 Å². The Morgan fingerprint density at radius 2 is 2.00 bits per heavy atom. The van der Waals surface area contributed by atoms with Crippen LogP contribution in [0.4, 0.5) is 0 Å². The number of hydrogen-bond donors (Lipinski definition) is 0. The van der Waals surface area contributed by atoms with Crippen molar-refractivity contribution in [2.24, 2.45) is 0 Å². The van der Waals surface area contributed by atoms with Gasteiger partial charge in [-0.3, -0.25) is 0 Å². The molecule has 1 aliphatic rings. The summed E-state index contributed by atoms with van der Waals surface area (Å²) in [6.45, 7) is 2.18.